The zero-order chi connectivity index (χ0) is 27.5. The monoisotopic (exact) mass is 536 g/mol. The summed E-state index contributed by atoms with van der Waals surface area (Å²) in [4.78, 5) is 42.8. The molecule has 0 atom stereocenters. The number of hydrogen-bond donors (Lipinski definition) is 3. The maximum atomic E-state index is 13.9. The predicted molar refractivity (Wildman–Crippen MR) is 136 cm³/mol. The van der Waals surface area contributed by atoms with Gasteiger partial charge in [-0.3, -0.25) is 18.7 Å². The van der Waals surface area contributed by atoms with E-state index in [1.165, 1.54) is 24.4 Å². The molecule has 1 heterocycles. The number of alkyl halides is 3. The second-order valence-electron chi connectivity index (χ2n) is 8.89. The number of halogens is 4. The van der Waals surface area contributed by atoms with Crippen LogP contribution in [-0.4, -0.2) is 43.8 Å². The minimum absolute atomic E-state index is 0.0181. The van der Waals surface area contributed by atoms with E-state index in [2.05, 4.69) is 9.84 Å². The van der Waals surface area contributed by atoms with E-state index in [4.69, 9.17) is 14.5 Å². The van der Waals surface area contributed by atoms with Crippen LogP contribution in [0.1, 0.15) is 21.5 Å². The van der Waals surface area contributed by atoms with Gasteiger partial charge in [0.25, 0.3) is 11.5 Å². The molecule has 8 nitrogen and oxygen atoms in total. The van der Waals surface area contributed by atoms with Gasteiger partial charge in [0, 0.05) is 18.0 Å². The van der Waals surface area contributed by atoms with Crippen LogP contribution in [0.25, 0.3) is 0 Å². The molecular weight excluding hydrogens is 516 g/mol. The third-order valence-electron chi connectivity index (χ3n) is 5.09. The summed E-state index contributed by atoms with van der Waals surface area (Å²) >= 11 is 0. The number of rotatable bonds is 8. The summed E-state index contributed by atoms with van der Waals surface area (Å²) in [5, 5.41) is 1.78. The molecule has 3 N–H and O–H groups in total. The first-order valence-electron chi connectivity index (χ1n) is 10.7. The average Bonchev–Trinajstić information content (AvgIpc) is 2.78. The lowest BCUT2D eigenvalue weighted by Crippen LogP contribution is -2.27. The van der Waals surface area contributed by atoms with E-state index in [0.717, 1.165) is 22.8 Å². The predicted octanol–water partition coefficient (Wildman–Crippen LogP) is 1.25. The summed E-state index contributed by atoms with van der Waals surface area (Å²) in [7, 11) is 2.62. The molecule has 192 valence electrons. The molecule has 37 heavy (non-hydrogen) atoms. The SMILES string of the molecule is BC(B)(B)c1cc(F)ccc1Oc1cc(C(F)(F)F)ccc1C(=O)Nc1ccn(COP(O)O)c(=O)c1. The van der Waals surface area contributed by atoms with Gasteiger partial charge in [-0.05, 0) is 48.0 Å². The smallest absolute Gasteiger partial charge is 0.416 e. The van der Waals surface area contributed by atoms with Crippen LogP contribution in [0.3, 0.4) is 0 Å². The molecule has 16 heteroatoms. The Morgan fingerprint density at radius 1 is 1.03 bits per heavy atom. The molecule has 3 rings (SSSR count). The van der Waals surface area contributed by atoms with Gasteiger partial charge >= 0.3 is 14.8 Å². The standard InChI is InChI=1S/C21H20B3F4N2O6P/c22-20(23,24)15-8-12(25)2-4-16(15)36-17-7-11(21(26,27)28)1-3-14(17)19(32)29-13-5-6-30(18(31)9-13)10-35-37(33)34/h1-9,33-34H,10,22-24H2,(H,29,32). The minimum atomic E-state index is -4.72. The van der Waals surface area contributed by atoms with Crippen molar-refractivity contribution in [2.75, 3.05) is 5.32 Å². The highest BCUT2D eigenvalue weighted by molar-refractivity contribution is 7.39. The lowest BCUT2D eigenvalue weighted by Gasteiger charge is -2.23. The van der Waals surface area contributed by atoms with Crippen LogP contribution in [0.2, 0.25) is 0 Å². The normalized spacial score (nSPS) is 12.0. The number of pyridine rings is 1. The lowest BCUT2D eigenvalue weighted by molar-refractivity contribution is -0.137. The molecule has 3 aromatic rings. The Labute approximate surface area is 212 Å². The van der Waals surface area contributed by atoms with Crippen molar-refractivity contribution in [2.24, 2.45) is 0 Å². The summed E-state index contributed by atoms with van der Waals surface area (Å²) in [6.07, 6.45) is -3.51. The number of amides is 1. The van der Waals surface area contributed by atoms with Crippen molar-refractivity contribution in [1.82, 2.24) is 4.57 Å². The summed E-state index contributed by atoms with van der Waals surface area (Å²) in [6, 6.07) is 8.21. The van der Waals surface area contributed by atoms with Gasteiger partial charge in [0.05, 0.1) is 34.7 Å². The second-order valence-corrected chi connectivity index (χ2v) is 9.65. The van der Waals surface area contributed by atoms with Crippen LogP contribution in [0, 0.1) is 5.82 Å². The summed E-state index contributed by atoms with van der Waals surface area (Å²) < 4.78 is 65.5. The number of nitrogens with one attached hydrogen (secondary N) is 1. The maximum Gasteiger partial charge on any atom is 0.416 e. The third-order valence-corrected chi connectivity index (χ3v) is 5.44. The van der Waals surface area contributed by atoms with Crippen LogP contribution in [0.15, 0.2) is 59.5 Å². The van der Waals surface area contributed by atoms with Crippen LogP contribution in [0.4, 0.5) is 23.2 Å². The van der Waals surface area contributed by atoms with Crippen molar-refractivity contribution in [2.45, 2.75) is 18.0 Å². The van der Waals surface area contributed by atoms with Gasteiger partial charge in [0.2, 0.25) is 0 Å². The Morgan fingerprint density at radius 2 is 1.73 bits per heavy atom. The largest absolute Gasteiger partial charge is 0.456 e. The number of anilines is 1. The Kier molecular flexibility index (Phi) is 8.54. The highest BCUT2D eigenvalue weighted by Crippen LogP contribution is 2.37. The molecule has 1 aromatic heterocycles. The Hall–Kier alpha value is -3.12. The van der Waals surface area contributed by atoms with Crippen molar-refractivity contribution in [1.29, 1.82) is 0 Å². The molecule has 0 fully saturated rings. The molecule has 0 saturated carbocycles. The van der Waals surface area contributed by atoms with E-state index < -0.39 is 55.2 Å². The van der Waals surface area contributed by atoms with E-state index in [1.807, 2.05) is 0 Å². The van der Waals surface area contributed by atoms with Crippen LogP contribution >= 0.6 is 8.60 Å². The number of carbonyl (C=O) groups excluding carboxylic acids is 1. The molecule has 0 bridgehead atoms. The zero-order valence-corrected chi connectivity index (χ0v) is 20.7. The van der Waals surface area contributed by atoms with Gasteiger partial charge < -0.3 is 19.8 Å². The quantitative estimate of drug-likeness (QED) is 0.228. The fourth-order valence-corrected chi connectivity index (χ4v) is 3.50. The van der Waals surface area contributed by atoms with Gasteiger partial charge in [-0.25, -0.2) is 4.39 Å². The van der Waals surface area contributed by atoms with Crippen molar-refractivity contribution in [3.8, 4) is 11.5 Å². The molecular formula is C21H20B3F4N2O6P. The second kappa shape index (κ2) is 11.1. The van der Waals surface area contributed by atoms with Crippen molar-refractivity contribution >= 4 is 43.7 Å². The molecule has 1 amide bonds. The minimum Gasteiger partial charge on any atom is -0.456 e. The van der Waals surface area contributed by atoms with Crippen molar-refractivity contribution in [3.63, 3.8) is 0 Å². The molecule has 0 unspecified atom stereocenters. The van der Waals surface area contributed by atoms with Crippen molar-refractivity contribution < 1.29 is 41.4 Å². The molecule has 0 radical (unpaired) electrons. The number of ether oxygens (including phenoxy) is 1. The summed E-state index contributed by atoms with van der Waals surface area (Å²) in [6.45, 7) is -0.448. The van der Waals surface area contributed by atoms with Gasteiger partial charge in [0.15, 0.2) is 0 Å². The molecule has 0 aliphatic carbocycles. The lowest BCUT2D eigenvalue weighted by atomic mass is 9.40. The number of hydrogen-bond acceptors (Lipinski definition) is 6. The van der Waals surface area contributed by atoms with E-state index in [1.54, 1.807) is 23.5 Å². The van der Waals surface area contributed by atoms with Gasteiger partial charge in [-0.2, -0.15) is 13.2 Å². The first-order valence-corrected chi connectivity index (χ1v) is 11.8. The Balaban J connectivity index is 1.98. The zero-order valence-electron chi connectivity index (χ0n) is 19.8. The third kappa shape index (κ3) is 7.45. The molecule has 0 saturated heterocycles. The summed E-state index contributed by atoms with van der Waals surface area (Å²) in [5.41, 5.74) is -1.59. The van der Waals surface area contributed by atoms with Gasteiger partial charge in [-0.15, -0.1) is 0 Å². The first kappa shape index (κ1) is 28.5. The highest BCUT2D eigenvalue weighted by Gasteiger charge is 2.32. The van der Waals surface area contributed by atoms with Crippen LogP contribution in [0.5, 0.6) is 11.5 Å². The first-order chi connectivity index (χ1) is 17.1. The molecule has 0 aliphatic rings. The summed E-state index contributed by atoms with van der Waals surface area (Å²) in [5.74, 6) is -1.79. The van der Waals surface area contributed by atoms with Crippen molar-refractivity contribution in [3.05, 3.63) is 87.6 Å². The topological polar surface area (TPSA) is 110 Å². The number of benzene rings is 2. The number of carbonyl (C=O) groups is 1. The fourth-order valence-electron chi connectivity index (χ4n) is 3.27. The van der Waals surface area contributed by atoms with Crippen LogP contribution < -0.4 is 15.6 Å². The van der Waals surface area contributed by atoms with Gasteiger partial charge in [0.1, 0.15) is 24.0 Å². The average molecular weight is 536 g/mol. The van der Waals surface area contributed by atoms with E-state index >= 15 is 0 Å². The maximum absolute atomic E-state index is 13.9. The number of aromatic nitrogens is 1. The fraction of sp³-hybridized carbons (Fsp3) is 0.143. The molecule has 2 aromatic carbocycles. The van der Waals surface area contributed by atoms with E-state index in [-0.39, 0.29) is 17.0 Å². The Bertz CT molecular complexity index is 1370. The molecule has 0 aliphatic heterocycles. The number of nitrogens with zero attached hydrogens (tertiary/aromatic N) is 1. The Morgan fingerprint density at radius 3 is 2.32 bits per heavy atom. The molecule has 0 spiro atoms. The highest BCUT2D eigenvalue weighted by atomic mass is 31.2. The van der Waals surface area contributed by atoms with Gasteiger partial charge in [-0.1, -0.05) is 5.11 Å². The van der Waals surface area contributed by atoms with E-state index in [9.17, 15) is 27.2 Å². The van der Waals surface area contributed by atoms with E-state index in [0.29, 0.717) is 17.7 Å². The van der Waals surface area contributed by atoms with Crippen LogP contribution in [-0.2, 0) is 22.5 Å².